The fraction of sp³-hybridized carbons (Fsp3) is 0.455. The lowest BCUT2D eigenvalue weighted by molar-refractivity contribution is 0.588. The fourth-order valence-electron chi connectivity index (χ4n) is 0.860. The van der Waals surface area contributed by atoms with E-state index in [2.05, 4.69) is 27.0 Å². The van der Waals surface area contributed by atoms with Crippen molar-refractivity contribution in [2.45, 2.75) is 26.7 Å². The van der Waals surface area contributed by atoms with Gasteiger partial charge in [0.2, 0.25) is 0 Å². The SMILES string of the molecule is C=C/C=C(\C=C)CCC(C)C. The summed E-state index contributed by atoms with van der Waals surface area (Å²) in [7, 11) is 0. The Bertz CT molecular complexity index is 149. The zero-order valence-electron chi connectivity index (χ0n) is 7.64. The van der Waals surface area contributed by atoms with E-state index in [0.29, 0.717) is 0 Å². The van der Waals surface area contributed by atoms with Crippen LogP contribution in [0, 0.1) is 5.92 Å². The Morgan fingerprint density at radius 1 is 1.36 bits per heavy atom. The molecule has 0 atom stereocenters. The summed E-state index contributed by atoms with van der Waals surface area (Å²) < 4.78 is 0. The van der Waals surface area contributed by atoms with E-state index in [4.69, 9.17) is 0 Å². The van der Waals surface area contributed by atoms with Crippen molar-refractivity contribution in [1.82, 2.24) is 0 Å². The highest BCUT2D eigenvalue weighted by Gasteiger charge is 1.94. The minimum absolute atomic E-state index is 0.767. The van der Waals surface area contributed by atoms with Crippen LogP contribution < -0.4 is 0 Å². The predicted molar refractivity (Wildman–Crippen MR) is 52.5 cm³/mol. The monoisotopic (exact) mass is 150 g/mol. The van der Waals surface area contributed by atoms with Gasteiger partial charge in [-0.1, -0.05) is 45.2 Å². The van der Waals surface area contributed by atoms with Gasteiger partial charge in [0, 0.05) is 0 Å². The third-order valence-corrected chi connectivity index (χ3v) is 1.60. The maximum absolute atomic E-state index is 3.74. The van der Waals surface area contributed by atoms with E-state index < -0.39 is 0 Å². The van der Waals surface area contributed by atoms with Gasteiger partial charge in [0.25, 0.3) is 0 Å². The molecular weight excluding hydrogens is 132 g/mol. The Morgan fingerprint density at radius 2 is 2.00 bits per heavy atom. The normalized spacial score (nSPS) is 11.7. The standard InChI is InChI=1S/C11H18/c1-5-7-11(6-2)9-8-10(3)4/h5-7,10H,1-2,8-9H2,3-4H3/b11-7+. The van der Waals surface area contributed by atoms with Gasteiger partial charge in [0.15, 0.2) is 0 Å². The quantitative estimate of drug-likeness (QED) is 0.524. The average molecular weight is 150 g/mol. The third-order valence-electron chi connectivity index (χ3n) is 1.60. The molecule has 0 amide bonds. The highest BCUT2D eigenvalue weighted by molar-refractivity contribution is 5.20. The summed E-state index contributed by atoms with van der Waals surface area (Å²) in [6.07, 6.45) is 8.09. The molecule has 0 bridgehead atoms. The van der Waals surface area contributed by atoms with E-state index in [1.165, 1.54) is 12.0 Å². The maximum atomic E-state index is 3.74. The first kappa shape index (κ1) is 10.2. The molecule has 0 aliphatic carbocycles. The lowest BCUT2D eigenvalue weighted by Crippen LogP contribution is -1.87. The van der Waals surface area contributed by atoms with Crippen LogP contribution in [0.2, 0.25) is 0 Å². The number of hydrogen-bond donors (Lipinski definition) is 0. The molecule has 0 aromatic rings. The summed E-state index contributed by atoms with van der Waals surface area (Å²) in [4.78, 5) is 0. The van der Waals surface area contributed by atoms with Gasteiger partial charge in [0.05, 0.1) is 0 Å². The molecule has 62 valence electrons. The Labute approximate surface area is 70.3 Å². The van der Waals surface area contributed by atoms with E-state index in [1.807, 2.05) is 18.2 Å². The Balaban J connectivity index is 3.79. The van der Waals surface area contributed by atoms with Crippen LogP contribution in [0.1, 0.15) is 26.7 Å². The molecule has 0 spiro atoms. The van der Waals surface area contributed by atoms with E-state index in [1.54, 1.807) is 0 Å². The minimum Gasteiger partial charge on any atom is -0.0991 e. The molecule has 0 heterocycles. The molecule has 0 heteroatoms. The number of hydrogen-bond acceptors (Lipinski definition) is 0. The second-order valence-electron chi connectivity index (χ2n) is 3.11. The summed E-state index contributed by atoms with van der Waals surface area (Å²) in [5, 5.41) is 0. The summed E-state index contributed by atoms with van der Waals surface area (Å²) in [6, 6.07) is 0. The second-order valence-corrected chi connectivity index (χ2v) is 3.11. The van der Waals surface area contributed by atoms with Gasteiger partial charge in [-0.05, 0) is 24.3 Å². The summed E-state index contributed by atoms with van der Waals surface area (Å²) in [5.41, 5.74) is 1.29. The van der Waals surface area contributed by atoms with Crippen molar-refractivity contribution in [2.75, 3.05) is 0 Å². The van der Waals surface area contributed by atoms with Gasteiger partial charge in [-0.15, -0.1) is 0 Å². The molecule has 0 saturated heterocycles. The van der Waals surface area contributed by atoms with Gasteiger partial charge in [-0.25, -0.2) is 0 Å². The highest BCUT2D eigenvalue weighted by Crippen LogP contribution is 2.11. The van der Waals surface area contributed by atoms with Crippen molar-refractivity contribution in [3.63, 3.8) is 0 Å². The van der Waals surface area contributed by atoms with Crippen molar-refractivity contribution < 1.29 is 0 Å². The van der Waals surface area contributed by atoms with Crippen LogP contribution in [0.15, 0.2) is 37.0 Å². The first-order chi connectivity index (χ1) is 5.20. The van der Waals surface area contributed by atoms with Gasteiger partial charge in [-0.3, -0.25) is 0 Å². The molecular formula is C11H18. The fourth-order valence-corrected chi connectivity index (χ4v) is 0.860. The summed E-state index contributed by atoms with van der Waals surface area (Å²) >= 11 is 0. The van der Waals surface area contributed by atoms with E-state index in [0.717, 1.165) is 12.3 Å². The zero-order chi connectivity index (χ0) is 8.69. The molecule has 0 aromatic heterocycles. The summed E-state index contributed by atoms with van der Waals surface area (Å²) in [5.74, 6) is 0.767. The van der Waals surface area contributed by atoms with E-state index >= 15 is 0 Å². The van der Waals surface area contributed by atoms with Gasteiger partial charge < -0.3 is 0 Å². The largest absolute Gasteiger partial charge is 0.0991 e. The van der Waals surface area contributed by atoms with Gasteiger partial charge >= 0.3 is 0 Å². The number of rotatable bonds is 5. The Hall–Kier alpha value is -0.780. The molecule has 0 aromatic carbocycles. The molecule has 0 rings (SSSR count). The topological polar surface area (TPSA) is 0 Å². The van der Waals surface area contributed by atoms with Gasteiger partial charge in [0.1, 0.15) is 0 Å². The molecule has 0 unspecified atom stereocenters. The Kier molecular flexibility index (Phi) is 5.54. The lowest BCUT2D eigenvalue weighted by Gasteiger charge is -2.03. The molecule has 0 radical (unpaired) electrons. The van der Waals surface area contributed by atoms with Gasteiger partial charge in [-0.2, -0.15) is 0 Å². The van der Waals surface area contributed by atoms with Crippen molar-refractivity contribution >= 4 is 0 Å². The zero-order valence-corrected chi connectivity index (χ0v) is 7.64. The molecule has 0 aliphatic heterocycles. The molecule has 0 fully saturated rings. The average Bonchev–Trinajstić information content (AvgIpc) is 1.97. The minimum atomic E-state index is 0.767. The van der Waals surface area contributed by atoms with Crippen molar-refractivity contribution in [1.29, 1.82) is 0 Å². The first-order valence-corrected chi connectivity index (χ1v) is 4.14. The second kappa shape index (κ2) is 5.96. The molecule has 0 nitrogen and oxygen atoms in total. The van der Waals surface area contributed by atoms with Crippen molar-refractivity contribution in [3.8, 4) is 0 Å². The lowest BCUT2D eigenvalue weighted by atomic mass is 10.0. The molecule has 0 aliphatic rings. The van der Waals surface area contributed by atoms with E-state index in [9.17, 15) is 0 Å². The maximum Gasteiger partial charge on any atom is -0.0277 e. The number of allylic oxidation sites excluding steroid dienone is 4. The van der Waals surface area contributed by atoms with Crippen LogP contribution >= 0.6 is 0 Å². The Morgan fingerprint density at radius 3 is 2.36 bits per heavy atom. The van der Waals surface area contributed by atoms with Crippen molar-refractivity contribution in [2.24, 2.45) is 5.92 Å². The summed E-state index contributed by atoms with van der Waals surface area (Å²) in [6.45, 7) is 11.9. The van der Waals surface area contributed by atoms with E-state index in [-0.39, 0.29) is 0 Å². The van der Waals surface area contributed by atoms with Crippen LogP contribution in [0.25, 0.3) is 0 Å². The predicted octanol–water partition coefficient (Wildman–Crippen LogP) is 3.72. The van der Waals surface area contributed by atoms with Crippen LogP contribution in [-0.4, -0.2) is 0 Å². The molecule has 11 heavy (non-hydrogen) atoms. The van der Waals surface area contributed by atoms with Crippen molar-refractivity contribution in [3.05, 3.63) is 37.0 Å². The van der Waals surface area contributed by atoms with Crippen LogP contribution in [-0.2, 0) is 0 Å². The first-order valence-electron chi connectivity index (χ1n) is 4.14. The molecule has 0 N–H and O–H groups in total. The highest BCUT2D eigenvalue weighted by atomic mass is 14.0. The van der Waals surface area contributed by atoms with Crippen LogP contribution in [0.4, 0.5) is 0 Å². The molecule has 0 saturated carbocycles. The van der Waals surface area contributed by atoms with Crippen LogP contribution in [0.3, 0.4) is 0 Å². The smallest absolute Gasteiger partial charge is 0.0277 e. The third kappa shape index (κ3) is 5.65. The van der Waals surface area contributed by atoms with Crippen LogP contribution in [0.5, 0.6) is 0 Å².